The van der Waals surface area contributed by atoms with E-state index >= 15 is 0 Å². The number of thioether (sulfide) groups is 1. The number of hydrogen-bond donors (Lipinski definition) is 1. The van der Waals surface area contributed by atoms with Crippen LogP contribution in [0.5, 0.6) is 0 Å². The van der Waals surface area contributed by atoms with E-state index in [-0.39, 0.29) is 17.1 Å². The van der Waals surface area contributed by atoms with E-state index in [1.54, 1.807) is 25.1 Å². The number of benzene rings is 1. The Morgan fingerprint density at radius 2 is 1.84 bits per heavy atom. The van der Waals surface area contributed by atoms with E-state index < -0.39 is 29.1 Å². The first-order valence-corrected chi connectivity index (χ1v) is 10.4. The third-order valence-corrected chi connectivity index (χ3v) is 5.85. The Kier molecular flexibility index (Phi) is 6.35. The molecule has 162 valence electrons. The largest absolute Gasteiger partial charge is 0.478 e. The van der Waals surface area contributed by atoms with Crippen LogP contribution in [0.4, 0.5) is 4.79 Å². The number of amides is 2. The van der Waals surface area contributed by atoms with E-state index in [0.717, 1.165) is 39.3 Å². The lowest BCUT2D eigenvalue weighted by Gasteiger charge is -2.19. The maximum atomic E-state index is 12.8. The molecular formula is C22H22N2O6S. The van der Waals surface area contributed by atoms with Gasteiger partial charge in [-0.1, -0.05) is 0 Å². The lowest BCUT2D eigenvalue weighted by atomic mass is 10.2. The Bertz CT molecular complexity index is 1100. The van der Waals surface area contributed by atoms with Gasteiger partial charge in [0.15, 0.2) is 0 Å². The van der Waals surface area contributed by atoms with Crippen molar-refractivity contribution in [2.75, 3.05) is 6.61 Å². The first kappa shape index (κ1) is 22.4. The van der Waals surface area contributed by atoms with Gasteiger partial charge in [0.25, 0.3) is 11.1 Å². The number of esters is 1. The highest BCUT2D eigenvalue weighted by molar-refractivity contribution is 8.18. The summed E-state index contributed by atoms with van der Waals surface area (Å²) < 4.78 is 6.86. The van der Waals surface area contributed by atoms with Crippen molar-refractivity contribution < 1.29 is 29.0 Å². The molecule has 1 aromatic heterocycles. The summed E-state index contributed by atoms with van der Waals surface area (Å²) >= 11 is 0.781. The lowest BCUT2D eigenvalue weighted by Crippen LogP contribution is -2.42. The summed E-state index contributed by atoms with van der Waals surface area (Å²) in [6, 6.07) is 7.35. The number of carbonyl (C=O) groups is 4. The Balaban J connectivity index is 1.92. The van der Waals surface area contributed by atoms with Crippen LogP contribution in [0.15, 0.2) is 35.2 Å². The van der Waals surface area contributed by atoms with Crippen molar-refractivity contribution in [1.82, 2.24) is 9.47 Å². The fourth-order valence-electron chi connectivity index (χ4n) is 3.41. The molecular weight excluding hydrogens is 420 g/mol. The molecule has 8 nitrogen and oxygen atoms in total. The normalized spacial score (nSPS) is 16.1. The zero-order chi connectivity index (χ0) is 22.9. The zero-order valence-corrected chi connectivity index (χ0v) is 18.4. The first-order valence-electron chi connectivity index (χ1n) is 9.62. The quantitative estimate of drug-likeness (QED) is 0.536. The molecule has 1 aromatic carbocycles. The van der Waals surface area contributed by atoms with Crippen LogP contribution in [0.3, 0.4) is 0 Å². The Morgan fingerprint density at radius 1 is 1.19 bits per heavy atom. The van der Waals surface area contributed by atoms with Crippen molar-refractivity contribution in [2.24, 2.45) is 0 Å². The molecule has 1 aliphatic heterocycles. The smallest absolute Gasteiger partial charge is 0.335 e. The fraction of sp³-hybridized carbons (Fsp3) is 0.273. The molecule has 9 heteroatoms. The molecule has 0 radical (unpaired) electrons. The summed E-state index contributed by atoms with van der Waals surface area (Å²) in [6.45, 7) is 7.04. The molecule has 1 saturated heterocycles. The van der Waals surface area contributed by atoms with Crippen LogP contribution in [-0.4, -0.2) is 50.3 Å². The van der Waals surface area contributed by atoms with Gasteiger partial charge in [-0.05, 0) is 81.4 Å². The summed E-state index contributed by atoms with van der Waals surface area (Å²) in [5, 5.41) is 8.56. The zero-order valence-electron chi connectivity index (χ0n) is 17.5. The van der Waals surface area contributed by atoms with Crippen LogP contribution in [0.1, 0.15) is 41.2 Å². The summed E-state index contributed by atoms with van der Waals surface area (Å²) in [4.78, 5) is 49.4. The molecule has 2 heterocycles. The van der Waals surface area contributed by atoms with E-state index in [2.05, 4.69) is 0 Å². The van der Waals surface area contributed by atoms with Gasteiger partial charge in [-0.15, -0.1) is 0 Å². The standard InChI is InChI=1S/C22H22N2O6S/c1-5-30-21(28)14(4)24-19(25)18(31-22(24)29)11-16-10-12(2)23(13(16)3)17-8-6-15(7-9-17)20(26)27/h6-11,14H,5H2,1-4H3,(H,26,27)/b18-11+/t14-/m1/s1. The molecule has 0 bridgehead atoms. The van der Waals surface area contributed by atoms with Crippen molar-refractivity contribution in [2.45, 2.75) is 33.7 Å². The SMILES string of the molecule is CCOC(=O)[C@@H](C)N1C(=O)S/C(=C/c2cc(C)n(-c3ccc(C(=O)O)cc3)c2C)C1=O. The number of aryl methyl sites for hydroxylation is 1. The van der Waals surface area contributed by atoms with Crippen LogP contribution < -0.4 is 0 Å². The molecule has 1 atom stereocenters. The van der Waals surface area contributed by atoms with Crippen molar-refractivity contribution in [3.63, 3.8) is 0 Å². The van der Waals surface area contributed by atoms with Gasteiger partial charge in [0.2, 0.25) is 0 Å². The number of aromatic nitrogens is 1. The van der Waals surface area contributed by atoms with Gasteiger partial charge in [0, 0.05) is 17.1 Å². The second kappa shape index (κ2) is 8.81. The average Bonchev–Trinajstić information content (AvgIpc) is 3.16. The number of imide groups is 1. The highest BCUT2D eigenvalue weighted by Gasteiger charge is 2.41. The molecule has 0 unspecified atom stereocenters. The minimum Gasteiger partial charge on any atom is -0.478 e. The van der Waals surface area contributed by atoms with Crippen LogP contribution >= 0.6 is 11.8 Å². The average molecular weight is 442 g/mol. The summed E-state index contributed by atoms with van der Waals surface area (Å²) in [5.41, 5.74) is 3.42. The van der Waals surface area contributed by atoms with Crippen LogP contribution in [0, 0.1) is 13.8 Å². The second-order valence-corrected chi connectivity index (χ2v) is 7.99. The highest BCUT2D eigenvalue weighted by Crippen LogP contribution is 2.35. The molecule has 1 fully saturated rings. The van der Waals surface area contributed by atoms with Gasteiger partial charge < -0.3 is 14.4 Å². The molecule has 3 rings (SSSR count). The number of aromatic carboxylic acids is 1. The topological polar surface area (TPSA) is 106 Å². The fourth-order valence-corrected chi connectivity index (χ4v) is 4.31. The van der Waals surface area contributed by atoms with Gasteiger partial charge in [-0.3, -0.25) is 14.5 Å². The number of carbonyl (C=O) groups excluding carboxylic acids is 3. The summed E-state index contributed by atoms with van der Waals surface area (Å²) in [7, 11) is 0. The van der Waals surface area contributed by atoms with Crippen molar-refractivity contribution in [3.05, 3.63) is 57.8 Å². The van der Waals surface area contributed by atoms with Gasteiger partial charge in [0.05, 0.1) is 17.1 Å². The summed E-state index contributed by atoms with van der Waals surface area (Å²) in [6.07, 6.45) is 1.63. The van der Waals surface area contributed by atoms with E-state index in [1.807, 2.05) is 24.5 Å². The first-order chi connectivity index (χ1) is 14.6. The number of ether oxygens (including phenoxy) is 1. The van der Waals surface area contributed by atoms with Crippen LogP contribution in [0.25, 0.3) is 11.8 Å². The molecule has 0 aliphatic carbocycles. The number of rotatable bonds is 6. The van der Waals surface area contributed by atoms with Gasteiger partial charge in [-0.25, -0.2) is 9.59 Å². The lowest BCUT2D eigenvalue weighted by molar-refractivity contribution is -0.150. The maximum Gasteiger partial charge on any atom is 0.335 e. The predicted octanol–water partition coefficient (Wildman–Crippen LogP) is 3.78. The molecule has 2 aromatic rings. The third kappa shape index (κ3) is 4.27. The van der Waals surface area contributed by atoms with Crippen molar-refractivity contribution >= 4 is 40.9 Å². The molecule has 31 heavy (non-hydrogen) atoms. The van der Waals surface area contributed by atoms with E-state index in [1.165, 1.54) is 19.1 Å². The number of hydrogen-bond acceptors (Lipinski definition) is 6. The minimum absolute atomic E-state index is 0.161. The summed E-state index contributed by atoms with van der Waals surface area (Å²) in [5.74, 6) is -2.17. The highest BCUT2D eigenvalue weighted by atomic mass is 32.2. The van der Waals surface area contributed by atoms with Gasteiger partial charge in [-0.2, -0.15) is 0 Å². The molecule has 0 spiro atoms. The Hall–Kier alpha value is -3.33. The third-order valence-electron chi connectivity index (χ3n) is 4.97. The number of nitrogens with zero attached hydrogens (tertiary/aromatic N) is 2. The van der Waals surface area contributed by atoms with Crippen LogP contribution in [0.2, 0.25) is 0 Å². The maximum absolute atomic E-state index is 12.8. The second-order valence-electron chi connectivity index (χ2n) is 6.99. The molecule has 0 saturated carbocycles. The molecule has 1 aliphatic rings. The minimum atomic E-state index is -1.00. The van der Waals surface area contributed by atoms with Gasteiger partial charge in [0.1, 0.15) is 6.04 Å². The molecule has 2 amide bonds. The Morgan fingerprint density at radius 3 is 2.42 bits per heavy atom. The predicted molar refractivity (Wildman–Crippen MR) is 116 cm³/mol. The van der Waals surface area contributed by atoms with Crippen LogP contribution in [-0.2, 0) is 14.3 Å². The van der Waals surface area contributed by atoms with Crippen molar-refractivity contribution in [1.29, 1.82) is 0 Å². The van der Waals surface area contributed by atoms with E-state index in [0.29, 0.717) is 0 Å². The van der Waals surface area contributed by atoms with Gasteiger partial charge >= 0.3 is 11.9 Å². The number of carboxylic acids is 1. The Labute approximate surface area is 183 Å². The number of carboxylic acid groups (broad SMARTS) is 1. The van der Waals surface area contributed by atoms with E-state index in [4.69, 9.17) is 9.84 Å². The van der Waals surface area contributed by atoms with E-state index in [9.17, 15) is 19.2 Å². The monoisotopic (exact) mass is 442 g/mol. The molecule has 1 N–H and O–H groups in total. The van der Waals surface area contributed by atoms with Crippen molar-refractivity contribution in [3.8, 4) is 5.69 Å².